The molecule has 1 amide bonds. The van der Waals surface area contributed by atoms with Gasteiger partial charge in [-0.2, -0.15) is 0 Å². The first kappa shape index (κ1) is 21.1. The van der Waals surface area contributed by atoms with Crippen LogP contribution in [0.1, 0.15) is 18.9 Å². The van der Waals surface area contributed by atoms with Crippen molar-refractivity contribution in [2.45, 2.75) is 26.3 Å². The van der Waals surface area contributed by atoms with Gasteiger partial charge in [0.05, 0.1) is 11.9 Å². The molecule has 0 saturated carbocycles. The number of halogens is 3. The van der Waals surface area contributed by atoms with Crippen molar-refractivity contribution in [1.29, 1.82) is 0 Å². The number of hydrogen-bond acceptors (Lipinski definition) is 3. The van der Waals surface area contributed by atoms with Crippen LogP contribution in [0, 0.1) is 18.6 Å². The van der Waals surface area contributed by atoms with Crippen LogP contribution in [0.25, 0.3) is 0 Å². The van der Waals surface area contributed by atoms with Gasteiger partial charge in [-0.1, -0.05) is 24.6 Å². The fraction of sp³-hybridized carbons (Fsp3) is 0.278. The number of anilines is 2. The first-order valence-corrected chi connectivity index (χ1v) is 10.3. The highest BCUT2D eigenvalue weighted by molar-refractivity contribution is 7.92. The lowest BCUT2D eigenvalue weighted by atomic mass is 10.1. The van der Waals surface area contributed by atoms with Crippen molar-refractivity contribution in [3.8, 4) is 0 Å². The number of nitrogens with one attached hydrogen (secondary N) is 1. The van der Waals surface area contributed by atoms with Crippen molar-refractivity contribution in [2.24, 2.45) is 0 Å². The Morgan fingerprint density at radius 3 is 2.37 bits per heavy atom. The summed E-state index contributed by atoms with van der Waals surface area (Å²) in [6.07, 6.45) is 1.13. The van der Waals surface area contributed by atoms with Crippen LogP contribution < -0.4 is 9.62 Å². The van der Waals surface area contributed by atoms with Crippen molar-refractivity contribution in [2.75, 3.05) is 15.9 Å². The molecule has 0 aliphatic rings. The Labute approximate surface area is 162 Å². The van der Waals surface area contributed by atoms with Gasteiger partial charge in [-0.3, -0.25) is 9.10 Å². The van der Waals surface area contributed by atoms with E-state index in [0.717, 1.165) is 28.3 Å². The minimum Gasteiger partial charge on any atom is -0.324 e. The molecular formula is C18H19ClF2N2O3S. The SMILES string of the molecule is CC[C@@H](C(=O)Nc1ccc(F)c(F)c1)N(c1ccc(C)c(Cl)c1)S(C)(=O)=O. The third kappa shape index (κ3) is 4.95. The molecule has 2 rings (SSSR count). The fourth-order valence-corrected chi connectivity index (χ4v) is 3.96. The van der Waals surface area contributed by atoms with Crippen LogP contribution in [0.5, 0.6) is 0 Å². The van der Waals surface area contributed by atoms with Crippen LogP contribution in [0.3, 0.4) is 0 Å². The Hall–Kier alpha value is -2.19. The molecule has 1 atom stereocenters. The fourth-order valence-electron chi connectivity index (χ4n) is 2.58. The van der Waals surface area contributed by atoms with Gasteiger partial charge in [0.15, 0.2) is 11.6 Å². The number of nitrogens with zero attached hydrogens (tertiary/aromatic N) is 1. The standard InChI is InChI=1S/C18H19ClF2N2O3S/c1-4-17(18(24)22-12-6-8-15(20)16(21)9-12)23(27(3,25)26)13-7-5-11(2)14(19)10-13/h5-10,17H,4H2,1-3H3,(H,22,24)/t17-/m0/s1. The lowest BCUT2D eigenvalue weighted by Gasteiger charge is -2.30. The molecule has 0 aliphatic heterocycles. The summed E-state index contributed by atoms with van der Waals surface area (Å²) < 4.78 is 52.1. The van der Waals surface area contributed by atoms with Crippen LogP contribution in [-0.2, 0) is 14.8 Å². The molecule has 0 bridgehead atoms. The van der Waals surface area contributed by atoms with Crippen LogP contribution in [0.2, 0.25) is 5.02 Å². The Morgan fingerprint density at radius 2 is 1.85 bits per heavy atom. The van der Waals surface area contributed by atoms with Crippen LogP contribution in [0.4, 0.5) is 20.2 Å². The van der Waals surface area contributed by atoms with E-state index in [1.54, 1.807) is 26.0 Å². The number of hydrogen-bond donors (Lipinski definition) is 1. The van der Waals surface area contributed by atoms with E-state index < -0.39 is 33.6 Å². The molecule has 0 aromatic heterocycles. The van der Waals surface area contributed by atoms with E-state index in [9.17, 15) is 22.0 Å². The minimum absolute atomic E-state index is 0.0211. The summed E-state index contributed by atoms with van der Waals surface area (Å²) in [7, 11) is -3.83. The smallest absolute Gasteiger partial charge is 0.248 e. The second-order valence-corrected chi connectivity index (χ2v) is 8.30. The van der Waals surface area contributed by atoms with Crippen molar-refractivity contribution in [3.05, 3.63) is 58.6 Å². The summed E-state index contributed by atoms with van der Waals surface area (Å²) in [5.74, 6) is -2.84. The van der Waals surface area contributed by atoms with Gasteiger partial charge in [0.25, 0.3) is 0 Å². The van der Waals surface area contributed by atoms with Crippen molar-refractivity contribution in [3.63, 3.8) is 0 Å². The zero-order chi connectivity index (χ0) is 20.4. The third-order valence-corrected chi connectivity index (χ3v) is 5.51. The number of benzene rings is 2. The highest BCUT2D eigenvalue weighted by Gasteiger charge is 2.32. The average Bonchev–Trinajstić information content (AvgIpc) is 2.57. The molecule has 0 radical (unpaired) electrons. The molecule has 0 saturated heterocycles. The lowest BCUT2D eigenvalue weighted by Crippen LogP contribution is -2.47. The average molecular weight is 417 g/mol. The Bertz CT molecular complexity index is 967. The van der Waals surface area contributed by atoms with Gasteiger partial charge in [-0.25, -0.2) is 17.2 Å². The highest BCUT2D eigenvalue weighted by atomic mass is 35.5. The van der Waals surface area contributed by atoms with Crippen LogP contribution in [-0.4, -0.2) is 26.6 Å². The Morgan fingerprint density at radius 1 is 1.19 bits per heavy atom. The minimum atomic E-state index is -3.83. The summed E-state index contributed by atoms with van der Waals surface area (Å²) in [5.41, 5.74) is 1.02. The van der Waals surface area contributed by atoms with Crippen molar-refractivity contribution < 1.29 is 22.0 Å². The van der Waals surface area contributed by atoms with Gasteiger partial charge in [0, 0.05) is 16.8 Å². The second-order valence-electron chi connectivity index (χ2n) is 6.03. The van der Waals surface area contributed by atoms with Crippen molar-refractivity contribution >= 4 is 38.9 Å². The summed E-state index contributed by atoms with van der Waals surface area (Å²) in [6.45, 7) is 3.41. The Kier molecular flexibility index (Phi) is 6.43. The number of sulfonamides is 1. The molecule has 0 aliphatic carbocycles. The van der Waals surface area contributed by atoms with E-state index in [0.29, 0.717) is 5.02 Å². The van der Waals surface area contributed by atoms with Gasteiger partial charge in [0.2, 0.25) is 15.9 Å². The quantitative estimate of drug-likeness (QED) is 0.770. The summed E-state index contributed by atoms with van der Waals surface area (Å²) in [6, 6.07) is 6.45. The van der Waals surface area contributed by atoms with Crippen LogP contribution in [0.15, 0.2) is 36.4 Å². The van der Waals surface area contributed by atoms with Gasteiger partial charge in [0.1, 0.15) is 6.04 Å². The molecule has 0 unspecified atom stereocenters. The number of rotatable bonds is 6. The molecule has 0 spiro atoms. The lowest BCUT2D eigenvalue weighted by molar-refractivity contribution is -0.117. The number of carbonyl (C=O) groups is 1. The van der Waals surface area contributed by atoms with Crippen LogP contribution >= 0.6 is 11.6 Å². The first-order chi connectivity index (χ1) is 12.5. The molecule has 9 heteroatoms. The topological polar surface area (TPSA) is 66.5 Å². The molecule has 0 fully saturated rings. The highest BCUT2D eigenvalue weighted by Crippen LogP contribution is 2.28. The van der Waals surface area contributed by atoms with E-state index >= 15 is 0 Å². The van der Waals surface area contributed by atoms with E-state index in [2.05, 4.69) is 5.32 Å². The van der Waals surface area contributed by atoms with E-state index in [1.165, 1.54) is 12.1 Å². The van der Waals surface area contributed by atoms with E-state index in [1.807, 2.05) is 0 Å². The normalized spacial score (nSPS) is 12.5. The Balaban J connectivity index is 2.40. The first-order valence-electron chi connectivity index (χ1n) is 8.06. The summed E-state index contributed by atoms with van der Waals surface area (Å²) in [5, 5.41) is 2.78. The second kappa shape index (κ2) is 8.22. The maximum Gasteiger partial charge on any atom is 0.248 e. The van der Waals surface area contributed by atoms with Gasteiger partial charge < -0.3 is 5.32 Å². The zero-order valence-corrected chi connectivity index (χ0v) is 16.5. The maximum atomic E-state index is 13.4. The van der Waals surface area contributed by atoms with Gasteiger partial charge in [-0.15, -0.1) is 0 Å². The number of amides is 1. The molecule has 146 valence electrons. The number of carbonyl (C=O) groups excluding carboxylic acids is 1. The zero-order valence-electron chi connectivity index (χ0n) is 15.0. The van der Waals surface area contributed by atoms with E-state index in [-0.39, 0.29) is 17.8 Å². The van der Waals surface area contributed by atoms with Gasteiger partial charge >= 0.3 is 0 Å². The molecular weight excluding hydrogens is 398 g/mol. The predicted octanol–water partition coefficient (Wildman–Crippen LogP) is 4.11. The summed E-state index contributed by atoms with van der Waals surface area (Å²) >= 11 is 6.10. The van der Waals surface area contributed by atoms with E-state index in [4.69, 9.17) is 11.6 Å². The predicted molar refractivity (Wildman–Crippen MR) is 103 cm³/mol. The van der Waals surface area contributed by atoms with Gasteiger partial charge in [-0.05, 0) is 43.2 Å². The molecule has 2 aromatic carbocycles. The molecule has 1 N–H and O–H groups in total. The van der Waals surface area contributed by atoms with Crippen molar-refractivity contribution in [1.82, 2.24) is 0 Å². The molecule has 0 heterocycles. The molecule has 2 aromatic rings. The summed E-state index contributed by atoms with van der Waals surface area (Å²) in [4.78, 5) is 12.7. The molecule has 5 nitrogen and oxygen atoms in total. The monoisotopic (exact) mass is 416 g/mol. The number of aryl methyl sites for hydroxylation is 1. The largest absolute Gasteiger partial charge is 0.324 e. The maximum absolute atomic E-state index is 13.4. The third-order valence-electron chi connectivity index (χ3n) is 3.93. The molecule has 27 heavy (non-hydrogen) atoms.